The number of ether oxygens (including phenoxy) is 2. The molecule has 16 heavy (non-hydrogen) atoms. The molecule has 88 valence electrons. The summed E-state index contributed by atoms with van der Waals surface area (Å²) >= 11 is 0. The lowest BCUT2D eigenvalue weighted by atomic mass is 10.2. The number of nitrogens with zero attached hydrogens (tertiary/aromatic N) is 1. The van der Waals surface area contributed by atoms with E-state index in [1.807, 2.05) is 18.2 Å². The molecule has 4 heteroatoms. The van der Waals surface area contributed by atoms with Gasteiger partial charge in [-0.05, 0) is 18.9 Å². The standard InChI is InChI=1S/C12H18N2O2/c1-15-12-6-2-4-10(14-12)8-13-9-11-5-3-7-16-11/h2,4,6,11,13H,3,5,7-9H2,1H3. The van der Waals surface area contributed by atoms with E-state index in [1.54, 1.807) is 7.11 Å². The van der Waals surface area contributed by atoms with Crippen molar-refractivity contribution in [1.29, 1.82) is 0 Å². The summed E-state index contributed by atoms with van der Waals surface area (Å²) in [6.07, 6.45) is 2.73. The third kappa shape index (κ3) is 3.18. The van der Waals surface area contributed by atoms with Crippen LogP contribution in [0.25, 0.3) is 0 Å². The average molecular weight is 222 g/mol. The van der Waals surface area contributed by atoms with Gasteiger partial charge in [-0.25, -0.2) is 4.98 Å². The van der Waals surface area contributed by atoms with Gasteiger partial charge in [-0.3, -0.25) is 0 Å². The molecule has 0 bridgehead atoms. The first-order valence-corrected chi connectivity index (χ1v) is 5.71. The van der Waals surface area contributed by atoms with Crippen molar-refractivity contribution in [3.63, 3.8) is 0 Å². The summed E-state index contributed by atoms with van der Waals surface area (Å²) in [4.78, 5) is 4.33. The number of nitrogens with one attached hydrogen (secondary N) is 1. The van der Waals surface area contributed by atoms with Gasteiger partial charge in [0.1, 0.15) is 0 Å². The van der Waals surface area contributed by atoms with Gasteiger partial charge >= 0.3 is 0 Å². The van der Waals surface area contributed by atoms with Gasteiger partial charge in [-0.2, -0.15) is 0 Å². The normalized spacial score (nSPS) is 19.9. The van der Waals surface area contributed by atoms with Crippen molar-refractivity contribution < 1.29 is 9.47 Å². The molecule has 1 saturated heterocycles. The quantitative estimate of drug-likeness (QED) is 0.817. The van der Waals surface area contributed by atoms with Gasteiger partial charge in [-0.15, -0.1) is 0 Å². The minimum absolute atomic E-state index is 0.380. The van der Waals surface area contributed by atoms with Crippen LogP contribution in [0.2, 0.25) is 0 Å². The lowest BCUT2D eigenvalue weighted by Crippen LogP contribution is -2.26. The summed E-state index contributed by atoms with van der Waals surface area (Å²) in [5.74, 6) is 0.663. The lowest BCUT2D eigenvalue weighted by molar-refractivity contribution is 0.110. The van der Waals surface area contributed by atoms with E-state index >= 15 is 0 Å². The Hall–Kier alpha value is -1.13. The first kappa shape index (κ1) is 11.4. The second kappa shape index (κ2) is 5.82. The molecule has 1 N–H and O–H groups in total. The molecule has 0 saturated carbocycles. The van der Waals surface area contributed by atoms with Crippen LogP contribution in [0.3, 0.4) is 0 Å². The molecular formula is C12H18N2O2. The maximum Gasteiger partial charge on any atom is 0.213 e. The molecule has 1 aromatic rings. The molecule has 1 atom stereocenters. The van der Waals surface area contributed by atoms with Gasteiger partial charge in [0.25, 0.3) is 0 Å². The highest BCUT2D eigenvalue weighted by Crippen LogP contribution is 2.11. The fourth-order valence-electron chi connectivity index (χ4n) is 1.84. The van der Waals surface area contributed by atoms with Crippen LogP contribution in [0, 0.1) is 0 Å². The molecule has 0 aliphatic carbocycles. The van der Waals surface area contributed by atoms with E-state index in [0.29, 0.717) is 12.0 Å². The van der Waals surface area contributed by atoms with Crippen LogP contribution in [0.5, 0.6) is 5.88 Å². The molecule has 1 aliphatic rings. The first-order valence-electron chi connectivity index (χ1n) is 5.71. The van der Waals surface area contributed by atoms with Crippen LogP contribution in [-0.2, 0) is 11.3 Å². The minimum atomic E-state index is 0.380. The van der Waals surface area contributed by atoms with Crippen LogP contribution in [0.15, 0.2) is 18.2 Å². The molecule has 0 aromatic carbocycles. The maximum atomic E-state index is 5.53. The van der Waals surface area contributed by atoms with Gasteiger partial charge < -0.3 is 14.8 Å². The van der Waals surface area contributed by atoms with E-state index < -0.39 is 0 Å². The molecule has 2 rings (SSSR count). The van der Waals surface area contributed by atoms with E-state index in [2.05, 4.69) is 10.3 Å². The van der Waals surface area contributed by atoms with E-state index in [-0.39, 0.29) is 0 Å². The monoisotopic (exact) mass is 222 g/mol. The number of methoxy groups -OCH3 is 1. The van der Waals surface area contributed by atoms with Crippen molar-refractivity contribution in [2.75, 3.05) is 20.3 Å². The molecule has 0 amide bonds. The number of hydrogen-bond acceptors (Lipinski definition) is 4. The van der Waals surface area contributed by atoms with E-state index in [1.165, 1.54) is 12.8 Å². The summed E-state index contributed by atoms with van der Waals surface area (Å²) in [7, 11) is 1.63. The van der Waals surface area contributed by atoms with Crippen LogP contribution < -0.4 is 10.1 Å². The molecule has 2 heterocycles. The average Bonchev–Trinajstić information content (AvgIpc) is 2.82. The Balaban J connectivity index is 1.75. The Morgan fingerprint density at radius 1 is 1.56 bits per heavy atom. The molecule has 1 aliphatic heterocycles. The zero-order valence-corrected chi connectivity index (χ0v) is 9.61. The van der Waals surface area contributed by atoms with Crippen LogP contribution in [0.4, 0.5) is 0 Å². The summed E-state index contributed by atoms with van der Waals surface area (Å²) in [5.41, 5.74) is 0.998. The fourth-order valence-corrected chi connectivity index (χ4v) is 1.84. The highest BCUT2D eigenvalue weighted by molar-refractivity contribution is 5.15. The Kier molecular flexibility index (Phi) is 4.13. The van der Waals surface area contributed by atoms with Crippen molar-refractivity contribution in [2.45, 2.75) is 25.5 Å². The minimum Gasteiger partial charge on any atom is -0.481 e. The molecule has 0 spiro atoms. The predicted octanol–water partition coefficient (Wildman–Crippen LogP) is 1.36. The molecular weight excluding hydrogens is 204 g/mol. The van der Waals surface area contributed by atoms with Gasteiger partial charge in [-0.1, -0.05) is 6.07 Å². The Labute approximate surface area is 96.0 Å². The highest BCUT2D eigenvalue weighted by atomic mass is 16.5. The lowest BCUT2D eigenvalue weighted by Gasteiger charge is -2.10. The Morgan fingerprint density at radius 3 is 3.25 bits per heavy atom. The van der Waals surface area contributed by atoms with Gasteiger partial charge in [0.15, 0.2) is 0 Å². The largest absolute Gasteiger partial charge is 0.481 e. The van der Waals surface area contributed by atoms with Crippen molar-refractivity contribution >= 4 is 0 Å². The van der Waals surface area contributed by atoms with Gasteiger partial charge in [0.05, 0.1) is 18.9 Å². The topological polar surface area (TPSA) is 43.4 Å². The molecule has 1 unspecified atom stereocenters. The van der Waals surface area contributed by atoms with Crippen molar-refractivity contribution in [3.05, 3.63) is 23.9 Å². The predicted molar refractivity (Wildman–Crippen MR) is 61.5 cm³/mol. The summed E-state index contributed by atoms with van der Waals surface area (Å²) < 4.78 is 10.6. The zero-order chi connectivity index (χ0) is 11.2. The van der Waals surface area contributed by atoms with E-state index in [9.17, 15) is 0 Å². The third-order valence-corrected chi connectivity index (χ3v) is 2.69. The highest BCUT2D eigenvalue weighted by Gasteiger charge is 2.14. The SMILES string of the molecule is COc1cccc(CNCC2CCCO2)n1. The fraction of sp³-hybridized carbons (Fsp3) is 0.583. The molecule has 0 radical (unpaired) electrons. The van der Waals surface area contributed by atoms with Crippen LogP contribution in [-0.4, -0.2) is 31.3 Å². The molecule has 1 aromatic heterocycles. The van der Waals surface area contributed by atoms with E-state index in [4.69, 9.17) is 9.47 Å². The molecule has 1 fully saturated rings. The van der Waals surface area contributed by atoms with Crippen LogP contribution >= 0.6 is 0 Å². The summed E-state index contributed by atoms with van der Waals surface area (Å²) in [5, 5.41) is 3.35. The van der Waals surface area contributed by atoms with E-state index in [0.717, 1.165) is 25.4 Å². The van der Waals surface area contributed by atoms with Crippen molar-refractivity contribution in [2.24, 2.45) is 0 Å². The second-order valence-corrected chi connectivity index (χ2v) is 3.94. The summed E-state index contributed by atoms with van der Waals surface area (Å²) in [6.45, 7) is 2.57. The van der Waals surface area contributed by atoms with Gasteiger partial charge in [0.2, 0.25) is 5.88 Å². The Morgan fingerprint density at radius 2 is 2.50 bits per heavy atom. The zero-order valence-electron chi connectivity index (χ0n) is 9.61. The third-order valence-electron chi connectivity index (χ3n) is 2.69. The second-order valence-electron chi connectivity index (χ2n) is 3.94. The maximum absolute atomic E-state index is 5.53. The first-order chi connectivity index (χ1) is 7.88. The van der Waals surface area contributed by atoms with Gasteiger partial charge in [0, 0.05) is 25.8 Å². The smallest absolute Gasteiger partial charge is 0.213 e. The van der Waals surface area contributed by atoms with Crippen molar-refractivity contribution in [3.8, 4) is 5.88 Å². The number of rotatable bonds is 5. The number of aromatic nitrogens is 1. The number of hydrogen-bond donors (Lipinski definition) is 1. The van der Waals surface area contributed by atoms with Crippen molar-refractivity contribution in [1.82, 2.24) is 10.3 Å². The Bertz CT molecular complexity index is 325. The number of pyridine rings is 1. The van der Waals surface area contributed by atoms with Crippen LogP contribution in [0.1, 0.15) is 18.5 Å². The molecule has 4 nitrogen and oxygen atoms in total. The summed E-state index contributed by atoms with van der Waals surface area (Å²) in [6, 6.07) is 5.80.